The molecule has 3 heterocycles. The first kappa shape index (κ1) is 14.8. The van der Waals surface area contributed by atoms with Gasteiger partial charge < -0.3 is 15.0 Å². The van der Waals surface area contributed by atoms with Crippen molar-refractivity contribution >= 4 is 11.9 Å². The van der Waals surface area contributed by atoms with Crippen molar-refractivity contribution in [3.8, 4) is 0 Å². The van der Waals surface area contributed by atoms with Crippen LogP contribution in [0.5, 0.6) is 0 Å². The van der Waals surface area contributed by atoms with Gasteiger partial charge in [0.2, 0.25) is 11.9 Å². The summed E-state index contributed by atoms with van der Waals surface area (Å²) in [5, 5.41) is 3.09. The van der Waals surface area contributed by atoms with Gasteiger partial charge >= 0.3 is 0 Å². The van der Waals surface area contributed by atoms with Gasteiger partial charge in [-0.1, -0.05) is 0 Å². The lowest BCUT2D eigenvalue weighted by atomic mass is 9.82. The van der Waals surface area contributed by atoms with Crippen molar-refractivity contribution in [2.24, 2.45) is 17.8 Å². The van der Waals surface area contributed by atoms with E-state index in [0.717, 1.165) is 25.4 Å². The first-order chi connectivity index (χ1) is 11.2. The molecule has 6 nitrogen and oxygen atoms in total. The van der Waals surface area contributed by atoms with Gasteiger partial charge in [-0.25, -0.2) is 14.4 Å². The van der Waals surface area contributed by atoms with Crippen LogP contribution < -0.4 is 10.2 Å². The summed E-state index contributed by atoms with van der Waals surface area (Å²) in [6, 6.07) is 0. The Morgan fingerprint density at radius 2 is 2.09 bits per heavy atom. The van der Waals surface area contributed by atoms with Crippen LogP contribution in [0.3, 0.4) is 0 Å². The molecule has 7 heteroatoms. The molecule has 0 spiro atoms. The Labute approximate surface area is 134 Å². The summed E-state index contributed by atoms with van der Waals surface area (Å²) < 4.78 is 18.8. The largest absolute Gasteiger partial charge is 0.376 e. The fourth-order valence-corrected chi connectivity index (χ4v) is 3.59. The van der Waals surface area contributed by atoms with Crippen molar-refractivity contribution in [2.45, 2.75) is 25.4 Å². The molecule has 1 aromatic heterocycles. The first-order valence-electron chi connectivity index (χ1n) is 8.32. The summed E-state index contributed by atoms with van der Waals surface area (Å²) in [5.74, 6) is 0.897. The molecule has 124 valence electrons. The number of amides is 1. The Kier molecular flexibility index (Phi) is 3.88. The first-order valence-corrected chi connectivity index (χ1v) is 8.32. The number of aromatic nitrogens is 2. The predicted octanol–water partition coefficient (Wildman–Crippen LogP) is 0.983. The van der Waals surface area contributed by atoms with Crippen LogP contribution in [-0.2, 0) is 9.53 Å². The van der Waals surface area contributed by atoms with E-state index in [2.05, 4.69) is 15.3 Å². The lowest BCUT2D eigenvalue weighted by Gasteiger charge is -2.39. The highest BCUT2D eigenvalue weighted by molar-refractivity contribution is 5.80. The summed E-state index contributed by atoms with van der Waals surface area (Å²) in [6.07, 6.45) is 5.70. The van der Waals surface area contributed by atoms with Gasteiger partial charge in [0.05, 0.1) is 24.4 Å². The minimum absolute atomic E-state index is 0.0223. The van der Waals surface area contributed by atoms with Crippen molar-refractivity contribution in [2.75, 3.05) is 31.1 Å². The number of fused-ring (bicyclic) bond motifs is 1. The molecule has 23 heavy (non-hydrogen) atoms. The zero-order chi connectivity index (χ0) is 15.8. The average Bonchev–Trinajstić information content (AvgIpc) is 3.27. The van der Waals surface area contributed by atoms with E-state index in [1.54, 1.807) is 0 Å². The third kappa shape index (κ3) is 3.15. The molecular weight excluding hydrogens is 299 g/mol. The number of anilines is 1. The number of carbonyl (C=O) groups excluding carboxylic acids is 1. The monoisotopic (exact) mass is 320 g/mol. The number of halogens is 1. The van der Waals surface area contributed by atoms with Crippen LogP contribution in [0.15, 0.2) is 12.4 Å². The molecule has 4 rings (SSSR count). The molecule has 1 saturated carbocycles. The normalized spacial score (nSPS) is 30.1. The van der Waals surface area contributed by atoms with E-state index < -0.39 is 5.82 Å². The Morgan fingerprint density at radius 1 is 1.30 bits per heavy atom. The molecule has 0 aromatic carbocycles. The number of nitrogens with one attached hydrogen (secondary N) is 1. The van der Waals surface area contributed by atoms with E-state index in [4.69, 9.17) is 4.74 Å². The van der Waals surface area contributed by atoms with Gasteiger partial charge in [0.15, 0.2) is 5.82 Å². The number of piperidine rings is 1. The lowest BCUT2D eigenvalue weighted by Crippen LogP contribution is -2.53. The van der Waals surface area contributed by atoms with Gasteiger partial charge in [0.1, 0.15) is 0 Å². The Bertz CT molecular complexity index is 578. The molecule has 0 bridgehead atoms. The Balaban J connectivity index is 1.49. The maximum atomic E-state index is 13.0. The summed E-state index contributed by atoms with van der Waals surface area (Å²) in [7, 11) is 0. The zero-order valence-electron chi connectivity index (χ0n) is 12.9. The molecule has 3 aliphatic rings. The maximum Gasteiger partial charge on any atom is 0.225 e. The van der Waals surface area contributed by atoms with Gasteiger partial charge in [-0.05, 0) is 25.2 Å². The zero-order valence-corrected chi connectivity index (χ0v) is 12.9. The minimum Gasteiger partial charge on any atom is -0.376 e. The third-order valence-electron chi connectivity index (χ3n) is 5.08. The summed E-state index contributed by atoms with van der Waals surface area (Å²) in [6.45, 7) is 2.69. The van der Waals surface area contributed by atoms with Crippen LogP contribution in [0, 0.1) is 23.6 Å². The molecular formula is C16H21FN4O2. The minimum atomic E-state index is -0.459. The topological polar surface area (TPSA) is 67.4 Å². The summed E-state index contributed by atoms with van der Waals surface area (Å²) >= 11 is 0. The van der Waals surface area contributed by atoms with Crippen LogP contribution >= 0.6 is 0 Å². The van der Waals surface area contributed by atoms with Crippen molar-refractivity contribution in [1.82, 2.24) is 15.3 Å². The smallest absolute Gasteiger partial charge is 0.225 e. The number of rotatable bonds is 4. The van der Waals surface area contributed by atoms with Crippen LogP contribution in [0.4, 0.5) is 10.3 Å². The molecule has 3 fully saturated rings. The standard InChI is InChI=1S/C16H21FN4O2/c17-11-6-19-16(20-7-11)21-8-13(12-3-4-23-14(12)9-21)15(22)18-5-10-1-2-10/h6-7,10,12-14H,1-5,8-9H2,(H,18,22)/t12-,13+,14+/m0/s1. The number of hydrogen-bond acceptors (Lipinski definition) is 5. The second-order valence-corrected chi connectivity index (χ2v) is 6.76. The highest BCUT2D eigenvalue weighted by Gasteiger charge is 2.44. The summed E-state index contributed by atoms with van der Waals surface area (Å²) in [5.41, 5.74) is 0. The van der Waals surface area contributed by atoms with E-state index in [1.165, 1.54) is 12.8 Å². The molecule has 2 aliphatic heterocycles. The molecule has 1 aromatic rings. The van der Waals surface area contributed by atoms with Crippen molar-refractivity contribution in [1.29, 1.82) is 0 Å². The average molecular weight is 320 g/mol. The second kappa shape index (κ2) is 6.03. The van der Waals surface area contributed by atoms with Gasteiger partial charge in [-0.3, -0.25) is 4.79 Å². The SMILES string of the molecule is O=C(NCC1CC1)[C@@H]1CN(c2ncc(F)cn2)C[C@H]2OCC[C@H]21. The van der Waals surface area contributed by atoms with Gasteiger partial charge in [-0.2, -0.15) is 0 Å². The van der Waals surface area contributed by atoms with Crippen molar-refractivity contribution < 1.29 is 13.9 Å². The van der Waals surface area contributed by atoms with E-state index in [0.29, 0.717) is 31.6 Å². The highest BCUT2D eigenvalue weighted by Crippen LogP contribution is 2.35. The van der Waals surface area contributed by atoms with E-state index in [-0.39, 0.29) is 23.8 Å². The molecule has 3 atom stereocenters. The number of ether oxygens (including phenoxy) is 1. The highest BCUT2D eigenvalue weighted by atomic mass is 19.1. The molecule has 0 unspecified atom stereocenters. The molecule has 2 saturated heterocycles. The van der Waals surface area contributed by atoms with Gasteiger partial charge in [-0.15, -0.1) is 0 Å². The maximum absolute atomic E-state index is 13.0. The van der Waals surface area contributed by atoms with Crippen LogP contribution in [-0.4, -0.2) is 48.2 Å². The van der Waals surface area contributed by atoms with Crippen LogP contribution in [0.1, 0.15) is 19.3 Å². The van der Waals surface area contributed by atoms with E-state index in [9.17, 15) is 9.18 Å². The van der Waals surface area contributed by atoms with Crippen molar-refractivity contribution in [3.05, 3.63) is 18.2 Å². The molecule has 1 amide bonds. The van der Waals surface area contributed by atoms with E-state index in [1.807, 2.05) is 4.90 Å². The fraction of sp³-hybridized carbons (Fsp3) is 0.688. The van der Waals surface area contributed by atoms with Gasteiger partial charge in [0, 0.05) is 32.2 Å². The van der Waals surface area contributed by atoms with E-state index >= 15 is 0 Å². The molecule has 1 aliphatic carbocycles. The van der Waals surface area contributed by atoms with Crippen molar-refractivity contribution in [3.63, 3.8) is 0 Å². The third-order valence-corrected chi connectivity index (χ3v) is 5.08. The molecule has 0 radical (unpaired) electrons. The lowest BCUT2D eigenvalue weighted by molar-refractivity contribution is -0.127. The second-order valence-electron chi connectivity index (χ2n) is 6.76. The quantitative estimate of drug-likeness (QED) is 0.896. The fourth-order valence-electron chi connectivity index (χ4n) is 3.59. The van der Waals surface area contributed by atoms with Crippen LogP contribution in [0.25, 0.3) is 0 Å². The van der Waals surface area contributed by atoms with Crippen LogP contribution in [0.2, 0.25) is 0 Å². The Morgan fingerprint density at radius 3 is 2.83 bits per heavy atom. The number of nitrogens with zero attached hydrogens (tertiary/aromatic N) is 3. The summed E-state index contributed by atoms with van der Waals surface area (Å²) in [4.78, 5) is 22.6. The Hall–Kier alpha value is -1.76. The molecule has 1 N–H and O–H groups in total. The number of hydrogen-bond donors (Lipinski definition) is 1. The van der Waals surface area contributed by atoms with Gasteiger partial charge in [0.25, 0.3) is 0 Å². The number of carbonyl (C=O) groups is 1. The predicted molar refractivity (Wildman–Crippen MR) is 81.3 cm³/mol.